The van der Waals surface area contributed by atoms with E-state index < -0.39 is 0 Å². The molecule has 3 heterocycles. The lowest BCUT2D eigenvalue weighted by Gasteiger charge is -2.20. The van der Waals surface area contributed by atoms with E-state index in [1.165, 1.54) is 32.1 Å². The molecule has 0 radical (unpaired) electrons. The van der Waals surface area contributed by atoms with E-state index in [1.807, 2.05) is 47.1 Å². The minimum atomic E-state index is 0.0899. The van der Waals surface area contributed by atoms with Crippen molar-refractivity contribution in [2.24, 2.45) is 5.92 Å². The first-order chi connectivity index (χ1) is 14.7. The van der Waals surface area contributed by atoms with Gasteiger partial charge < -0.3 is 19.2 Å². The average molecular weight is 405 g/mol. The molecule has 2 aromatic heterocycles. The molecular weight excluding hydrogens is 378 g/mol. The highest BCUT2D eigenvalue weighted by Gasteiger charge is 2.16. The summed E-state index contributed by atoms with van der Waals surface area (Å²) in [6, 6.07) is 9.71. The fourth-order valence-electron chi connectivity index (χ4n) is 4.44. The van der Waals surface area contributed by atoms with Crippen LogP contribution in [-0.4, -0.2) is 28.5 Å². The first kappa shape index (κ1) is 19.0. The maximum absolute atomic E-state index is 12.4. The molecule has 1 fully saturated rings. The SMILES string of the molecule is O=C(CCC1CCCCC1)Nc1ccc2nc(-c3ccc4c(c3)OCCO4)cn2c1. The number of carbonyl (C=O) groups is 1. The molecule has 6 heteroatoms. The van der Waals surface area contributed by atoms with Crippen molar-refractivity contribution in [1.29, 1.82) is 0 Å². The highest BCUT2D eigenvalue weighted by Crippen LogP contribution is 2.34. The second kappa shape index (κ2) is 8.38. The fourth-order valence-corrected chi connectivity index (χ4v) is 4.44. The number of carbonyl (C=O) groups excluding carboxylic acids is 1. The first-order valence-electron chi connectivity index (χ1n) is 10.9. The number of nitrogens with one attached hydrogen (secondary N) is 1. The van der Waals surface area contributed by atoms with Gasteiger partial charge in [0.1, 0.15) is 18.9 Å². The quantitative estimate of drug-likeness (QED) is 0.643. The predicted octanol–water partition coefficient (Wildman–Crippen LogP) is 5.07. The Morgan fingerprint density at radius 3 is 2.73 bits per heavy atom. The molecule has 1 aromatic carbocycles. The van der Waals surface area contributed by atoms with Crippen LogP contribution in [0.1, 0.15) is 44.9 Å². The molecule has 156 valence electrons. The molecule has 30 heavy (non-hydrogen) atoms. The molecule has 1 amide bonds. The summed E-state index contributed by atoms with van der Waals surface area (Å²) in [7, 11) is 0. The van der Waals surface area contributed by atoms with Gasteiger partial charge in [-0.25, -0.2) is 4.98 Å². The number of amides is 1. The molecule has 0 bridgehead atoms. The third-order valence-corrected chi connectivity index (χ3v) is 6.08. The van der Waals surface area contributed by atoms with Crippen LogP contribution in [-0.2, 0) is 4.79 Å². The molecule has 2 aliphatic rings. The van der Waals surface area contributed by atoms with Gasteiger partial charge in [0, 0.05) is 24.4 Å². The number of imidazole rings is 1. The van der Waals surface area contributed by atoms with E-state index in [0.29, 0.717) is 25.6 Å². The summed E-state index contributed by atoms with van der Waals surface area (Å²) in [4.78, 5) is 17.1. The monoisotopic (exact) mass is 405 g/mol. The highest BCUT2D eigenvalue weighted by atomic mass is 16.6. The fraction of sp³-hybridized carbons (Fsp3) is 0.417. The van der Waals surface area contributed by atoms with Crippen LogP contribution in [0, 0.1) is 5.92 Å². The van der Waals surface area contributed by atoms with Gasteiger partial charge in [-0.3, -0.25) is 4.79 Å². The largest absolute Gasteiger partial charge is 0.486 e. The molecule has 1 aliphatic heterocycles. The van der Waals surface area contributed by atoms with Gasteiger partial charge in [0.2, 0.25) is 5.91 Å². The molecule has 0 atom stereocenters. The van der Waals surface area contributed by atoms with E-state index in [0.717, 1.165) is 40.5 Å². The van der Waals surface area contributed by atoms with Gasteiger partial charge in [-0.15, -0.1) is 0 Å². The summed E-state index contributed by atoms with van der Waals surface area (Å²) in [6.07, 6.45) is 12.0. The van der Waals surface area contributed by atoms with Crippen molar-refractivity contribution in [2.45, 2.75) is 44.9 Å². The minimum absolute atomic E-state index is 0.0899. The number of nitrogens with zero attached hydrogens (tertiary/aromatic N) is 2. The Labute approximate surface area is 176 Å². The topological polar surface area (TPSA) is 64.9 Å². The van der Waals surface area contributed by atoms with Crippen molar-refractivity contribution in [2.75, 3.05) is 18.5 Å². The van der Waals surface area contributed by atoms with Gasteiger partial charge in [0.15, 0.2) is 11.5 Å². The second-order valence-corrected chi connectivity index (χ2v) is 8.26. The lowest BCUT2D eigenvalue weighted by Crippen LogP contribution is -2.15. The van der Waals surface area contributed by atoms with Crippen LogP contribution in [0.15, 0.2) is 42.7 Å². The lowest BCUT2D eigenvalue weighted by atomic mass is 9.86. The van der Waals surface area contributed by atoms with Crippen molar-refractivity contribution in [1.82, 2.24) is 9.38 Å². The smallest absolute Gasteiger partial charge is 0.224 e. The van der Waals surface area contributed by atoms with E-state index in [4.69, 9.17) is 14.5 Å². The highest BCUT2D eigenvalue weighted by molar-refractivity contribution is 5.90. The molecule has 0 unspecified atom stereocenters. The van der Waals surface area contributed by atoms with Gasteiger partial charge in [0.25, 0.3) is 0 Å². The van der Waals surface area contributed by atoms with Crippen molar-refractivity contribution in [3.63, 3.8) is 0 Å². The zero-order chi connectivity index (χ0) is 20.3. The molecule has 3 aromatic rings. The Balaban J connectivity index is 1.27. The predicted molar refractivity (Wildman–Crippen MR) is 116 cm³/mol. The summed E-state index contributed by atoms with van der Waals surface area (Å²) >= 11 is 0. The van der Waals surface area contributed by atoms with Crippen LogP contribution >= 0.6 is 0 Å². The third-order valence-electron chi connectivity index (χ3n) is 6.08. The molecular formula is C24H27N3O3. The maximum Gasteiger partial charge on any atom is 0.224 e. The summed E-state index contributed by atoms with van der Waals surface area (Å²) in [5.41, 5.74) is 3.45. The standard InChI is InChI=1S/C24H27N3O3/c28-24(11-6-17-4-2-1-3-5-17)25-19-8-10-23-26-20(16-27(23)15-19)18-7-9-21-22(14-18)30-13-12-29-21/h7-10,14-17H,1-6,11-13H2,(H,25,28). The van der Waals surface area contributed by atoms with Gasteiger partial charge >= 0.3 is 0 Å². The average Bonchev–Trinajstić information content (AvgIpc) is 3.21. The summed E-state index contributed by atoms with van der Waals surface area (Å²) < 4.78 is 13.2. The van der Waals surface area contributed by atoms with E-state index in [2.05, 4.69) is 5.32 Å². The van der Waals surface area contributed by atoms with Crippen molar-refractivity contribution < 1.29 is 14.3 Å². The number of ether oxygens (including phenoxy) is 2. The Bertz CT molecular complexity index is 1050. The van der Waals surface area contributed by atoms with Crippen LogP contribution in [0.5, 0.6) is 11.5 Å². The van der Waals surface area contributed by atoms with Crippen LogP contribution in [0.3, 0.4) is 0 Å². The summed E-state index contributed by atoms with van der Waals surface area (Å²) in [5, 5.41) is 3.04. The van der Waals surface area contributed by atoms with Crippen LogP contribution in [0.2, 0.25) is 0 Å². The number of anilines is 1. The van der Waals surface area contributed by atoms with Crippen molar-refractivity contribution in [3.05, 3.63) is 42.7 Å². The van der Waals surface area contributed by atoms with Crippen molar-refractivity contribution >= 4 is 17.2 Å². The van der Waals surface area contributed by atoms with Crippen molar-refractivity contribution in [3.8, 4) is 22.8 Å². The second-order valence-electron chi connectivity index (χ2n) is 8.26. The number of benzene rings is 1. The molecule has 1 aliphatic carbocycles. The van der Waals surface area contributed by atoms with Gasteiger partial charge in [-0.2, -0.15) is 0 Å². The Morgan fingerprint density at radius 2 is 1.87 bits per heavy atom. The Hall–Kier alpha value is -3.02. The number of pyridine rings is 1. The number of aromatic nitrogens is 2. The van der Waals surface area contributed by atoms with Gasteiger partial charge in [-0.1, -0.05) is 32.1 Å². The molecule has 1 N–H and O–H groups in total. The number of rotatable bonds is 5. The van der Waals surface area contributed by atoms with E-state index in [1.54, 1.807) is 0 Å². The molecule has 1 saturated carbocycles. The zero-order valence-corrected chi connectivity index (χ0v) is 17.1. The van der Waals surface area contributed by atoms with Crippen LogP contribution in [0.25, 0.3) is 16.9 Å². The minimum Gasteiger partial charge on any atom is -0.486 e. The van der Waals surface area contributed by atoms with Crippen LogP contribution < -0.4 is 14.8 Å². The van der Waals surface area contributed by atoms with E-state index in [-0.39, 0.29) is 5.91 Å². The summed E-state index contributed by atoms with van der Waals surface area (Å²) in [6.45, 7) is 1.14. The Morgan fingerprint density at radius 1 is 1.03 bits per heavy atom. The third kappa shape index (κ3) is 4.13. The normalized spacial score (nSPS) is 16.5. The molecule has 5 rings (SSSR count). The molecule has 0 spiro atoms. The lowest BCUT2D eigenvalue weighted by molar-refractivity contribution is -0.116. The van der Waals surface area contributed by atoms with E-state index >= 15 is 0 Å². The maximum atomic E-state index is 12.4. The van der Waals surface area contributed by atoms with Gasteiger partial charge in [-0.05, 0) is 42.7 Å². The Kier molecular flexibility index (Phi) is 5.30. The van der Waals surface area contributed by atoms with Gasteiger partial charge in [0.05, 0.1) is 11.4 Å². The number of fused-ring (bicyclic) bond motifs is 2. The van der Waals surface area contributed by atoms with Crippen LogP contribution in [0.4, 0.5) is 5.69 Å². The number of hydrogen-bond acceptors (Lipinski definition) is 4. The van der Waals surface area contributed by atoms with E-state index in [9.17, 15) is 4.79 Å². The molecule has 0 saturated heterocycles. The first-order valence-corrected chi connectivity index (χ1v) is 10.9. The molecule has 6 nitrogen and oxygen atoms in total. The summed E-state index contributed by atoms with van der Waals surface area (Å²) in [5.74, 6) is 2.33. The number of hydrogen-bond donors (Lipinski definition) is 1. The zero-order valence-electron chi connectivity index (χ0n) is 17.1.